The van der Waals surface area contributed by atoms with Crippen molar-refractivity contribution in [3.63, 3.8) is 0 Å². The summed E-state index contributed by atoms with van der Waals surface area (Å²) in [5, 5.41) is 12.9. The van der Waals surface area contributed by atoms with Gasteiger partial charge in [0.25, 0.3) is 0 Å². The molecule has 0 saturated heterocycles. The number of hydrogen-bond donors (Lipinski definition) is 1. The van der Waals surface area contributed by atoms with E-state index in [4.69, 9.17) is 9.47 Å². The highest BCUT2D eigenvalue weighted by atomic mass is 32.2. The van der Waals surface area contributed by atoms with Crippen LogP contribution in [-0.2, 0) is 11.2 Å². The van der Waals surface area contributed by atoms with Crippen molar-refractivity contribution in [2.75, 3.05) is 26.5 Å². The fraction of sp³-hybridized carbons (Fsp3) is 0.300. The van der Waals surface area contributed by atoms with Crippen molar-refractivity contribution in [2.45, 2.75) is 38.3 Å². The molecule has 1 heterocycles. The van der Waals surface area contributed by atoms with Crippen molar-refractivity contribution in [3.8, 4) is 28.6 Å². The van der Waals surface area contributed by atoms with Gasteiger partial charge in [-0.05, 0) is 56.0 Å². The number of amides is 1. The van der Waals surface area contributed by atoms with Crippen molar-refractivity contribution < 1.29 is 14.3 Å². The predicted octanol–water partition coefficient (Wildman–Crippen LogP) is 5.80. The predicted molar refractivity (Wildman–Crippen MR) is 152 cm³/mol. The molecule has 4 rings (SSSR count). The van der Waals surface area contributed by atoms with E-state index in [2.05, 4.69) is 70.3 Å². The summed E-state index contributed by atoms with van der Waals surface area (Å²) in [6.45, 7) is 4.74. The molecule has 38 heavy (non-hydrogen) atoms. The van der Waals surface area contributed by atoms with Gasteiger partial charge in [-0.15, -0.1) is 10.2 Å². The van der Waals surface area contributed by atoms with Crippen molar-refractivity contribution in [3.05, 3.63) is 83.4 Å². The van der Waals surface area contributed by atoms with E-state index in [-0.39, 0.29) is 5.91 Å². The number of carbonyl (C=O) groups is 1. The third-order valence-electron chi connectivity index (χ3n) is 6.26. The molecule has 0 aliphatic carbocycles. The van der Waals surface area contributed by atoms with Crippen LogP contribution in [0.1, 0.15) is 29.5 Å². The largest absolute Gasteiger partial charge is 0.493 e. The average molecular weight is 531 g/mol. The van der Waals surface area contributed by atoms with E-state index in [9.17, 15) is 4.79 Å². The smallest absolute Gasteiger partial charge is 0.220 e. The van der Waals surface area contributed by atoms with Crippen LogP contribution in [0, 0.1) is 13.8 Å². The highest BCUT2D eigenvalue weighted by Gasteiger charge is 2.17. The standard InChI is InChI=1S/C30H34N4O3S/c1-21-11-14-24(15-12-21)29-32-33-30(34(29)25-9-6-5-8-22(25)2)38-19-7-10-28(35)31-18-17-23-13-16-26(36-3)27(20-23)37-4/h5-6,8-9,11-16,20H,7,10,17-19H2,1-4H3,(H,31,35). The molecule has 0 fully saturated rings. The van der Waals surface area contributed by atoms with Crippen LogP contribution in [0.2, 0.25) is 0 Å². The van der Waals surface area contributed by atoms with Crippen LogP contribution in [0.5, 0.6) is 11.5 Å². The van der Waals surface area contributed by atoms with Gasteiger partial charge in [0.2, 0.25) is 5.91 Å². The lowest BCUT2D eigenvalue weighted by atomic mass is 10.1. The van der Waals surface area contributed by atoms with Crippen LogP contribution in [0.25, 0.3) is 17.1 Å². The zero-order valence-electron chi connectivity index (χ0n) is 22.4. The first-order chi connectivity index (χ1) is 18.5. The van der Waals surface area contributed by atoms with Gasteiger partial charge in [0.15, 0.2) is 22.5 Å². The summed E-state index contributed by atoms with van der Waals surface area (Å²) < 4.78 is 12.8. The van der Waals surface area contributed by atoms with Crippen LogP contribution in [0.4, 0.5) is 0 Å². The maximum absolute atomic E-state index is 12.4. The van der Waals surface area contributed by atoms with Gasteiger partial charge in [-0.25, -0.2) is 0 Å². The molecule has 3 aromatic carbocycles. The first-order valence-corrected chi connectivity index (χ1v) is 13.7. The number of hydrogen-bond acceptors (Lipinski definition) is 6. The minimum atomic E-state index is 0.0480. The molecule has 1 amide bonds. The molecule has 1 aromatic heterocycles. The molecule has 198 valence electrons. The Labute approximate surface area is 228 Å². The molecule has 0 bridgehead atoms. The lowest BCUT2D eigenvalue weighted by Gasteiger charge is -2.13. The van der Waals surface area contributed by atoms with Gasteiger partial charge in [-0.3, -0.25) is 9.36 Å². The molecule has 1 N–H and O–H groups in total. The Balaban J connectivity index is 1.33. The number of methoxy groups -OCH3 is 2. The number of nitrogens with one attached hydrogen (secondary N) is 1. The minimum Gasteiger partial charge on any atom is -0.493 e. The number of nitrogens with zero attached hydrogens (tertiary/aromatic N) is 3. The van der Waals surface area contributed by atoms with Gasteiger partial charge in [0.05, 0.1) is 19.9 Å². The van der Waals surface area contributed by atoms with E-state index >= 15 is 0 Å². The molecule has 0 unspecified atom stereocenters. The Hall–Kier alpha value is -3.78. The molecule has 0 spiro atoms. The topological polar surface area (TPSA) is 78.3 Å². The third kappa shape index (κ3) is 6.75. The summed E-state index contributed by atoms with van der Waals surface area (Å²) in [6.07, 6.45) is 1.93. The van der Waals surface area contributed by atoms with Crippen LogP contribution >= 0.6 is 11.8 Å². The second-order valence-electron chi connectivity index (χ2n) is 9.04. The number of carbonyl (C=O) groups excluding carboxylic acids is 1. The van der Waals surface area contributed by atoms with E-state index in [0.29, 0.717) is 24.5 Å². The first kappa shape index (κ1) is 27.3. The zero-order chi connectivity index (χ0) is 26.9. The molecule has 7 nitrogen and oxygen atoms in total. The number of aromatic nitrogens is 3. The van der Waals surface area contributed by atoms with Crippen molar-refractivity contribution in [1.82, 2.24) is 20.1 Å². The van der Waals surface area contributed by atoms with Gasteiger partial charge >= 0.3 is 0 Å². The van der Waals surface area contributed by atoms with Gasteiger partial charge in [0, 0.05) is 24.3 Å². The molecular formula is C30H34N4O3S. The van der Waals surface area contributed by atoms with Crippen LogP contribution in [-0.4, -0.2) is 47.2 Å². The van der Waals surface area contributed by atoms with Crippen LogP contribution in [0.15, 0.2) is 71.9 Å². The van der Waals surface area contributed by atoms with E-state index in [0.717, 1.165) is 52.0 Å². The summed E-state index contributed by atoms with van der Waals surface area (Å²) in [4.78, 5) is 12.4. The van der Waals surface area contributed by atoms with E-state index in [1.54, 1.807) is 26.0 Å². The van der Waals surface area contributed by atoms with E-state index < -0.39 is 0 Å². The lowest BCUT2D eigenvalue weighted by Crippen LogP contribution is -2.25. The number of thioether (sulfide) groups is 1. The van der Waals surface area contributed by atoms with E-state index in [1.165, 1.54) is 5.56 Å². The quantitative estimate of drug-likeness (QED) is 0.184. The van der Waals surface area contributed by atoms with Crippen molar-refractivity contribution in [2.24, 2.45) is 0 Å². The van der Waals surface area contributed by atoms with Crippen molar-refractivity contribution >= 4 is 17.7 Å². The van der Waals surface area contributed by atoms with Gasteiger partial charge in [-0.1, -0.05) is 65.9 Å². The third-order valence-corrected chi connectivity index (χ3v) is 7.28. The van der Waals surface area contributed by atoms with Gasteiger partial charge in [0.1, 0.15) is 0 Å². The second kappa shape index (κ2) is 13.1. The fourth-order valence-corrected chi connectivity index (χ4v) is 5.04. The molecule has 8 heteroatoms. The second-order valence-corrected chi connectivity index (χ2v) is 10.1. The molecular weight excluding hydrogens is 496 g/mol. The molecule has 0 aliphatic rings. The first-order valence-electron chi connectivity index (χ1n) is 12.7. The minimum absolute atomic E-state index is 0.0480. The zero-order valence-corrected chi connectivity index (χ0v) is 23.2. The maximum Gasteiger partial charge on any atom is 0.220 e. The SMILES string of the molecule is COc1ccc(CCNC(=O)CCCSc2nnc(-c3ccc(C)cc3)n2-c2ccccc2C)cc1OC. The number of para-hydroxylation sites is 1. The van der Waals surface area contributed by atoms with Crippen molar-refractivity contribution in [1.29, 1.82) is 0 Å². The Morgan fingerprint density at radius 2 is 1.71 bits per heavy atom. The van der Waals surface area contributed by atoms with Gasteiger partial charge < -0.3 is 14.8 Å². The Bertz CT molecular complexity index is 1370. The number of benzene rings is 3. The highest BCUT2D eigenvalue weighted by Crippen LogP contribution is 2.30. The maximum atomic E-state index is 12.4. The van der Waals surface area contributed by atoms with Crippen LogP contribution < -0.4 is 14.8 Å². The molecule has 0 atom stereocenters. The monoisotopic (exact) mass is 530 g/mol. The lowest BCUT2D eigenvalue weighted by molar-refractivity contribution is -0.121. The summed E-state index contributed by atoms with van der Waals surface area (Å²) in [5.41, 5.74) is 5.51. The average Bonchev–Trinajstić information content (AvgIpc) is 3.35. The summed E-state index contributed by atoms with van der Waals surface area (Å²) in [5.74, 6) is 3.02. The molecule has 0 saturated carbocycles. The normalized spacial score (nSPS) is 10.8. The number of rotatable bonds is 12. The molecule has 0 radical (unpaired) electrons. The van der Waals surface area contributed by atoms with E-state index in [1.807, 2.05) is 30.3 Å². The molecule has 0 aliphatic heterocycles. The molecule has 4 aromatic rings. The fourth-order valence-electron chi connectivity index (χ4n) is 4.15. The summed E-state index contributed by atoms with van der Waals surface area (Å²) in [7, 11) is 3.24. The van der Waals surface area contributed by atoms with Crippen LogP contribution in [0.3, 0.4) is 0 Å². The highest BCUT2D eigenvalue weighted by molar-refractivity contribution is 7.99. The Morgan fingerprint density at radius 1 is 0.947 bits per heavy atom. The summed E-state index contributed by atoms with van der Waals surface area (Å²) in [6, 6.07) is 22.4. The Kier molecular flexibility index (Phi) is 9.43. The number of ether oxygens (including phenoxy) is 2. The number of aryl methyl sites for hydroxylation is 2. The Morgan fingerprint density at radius 3 is 2.45 bits per heavy atom. The summed E-state index contributed by atoms with van der Waals surface area (Å²) >= 11 is 1.62. The van der Waals surface area contributed by atoms with Gasteiger partial charge in [-0.2, -0.15) is 0 Å².